The highest BCUT2D eigenvalue weighted by molar-refractivity contribution is 5.85. The van der Waals surface area contributed by atoms with Crippen molar-refractivity contribution in [2.45, 2.75) is 76.4 Å². The molecule has 1 aromatic rings. The van der Waals surface area contributed by atoms with E-state index in [2.05, 4.69) is 27.8 Å². The van der Waals surface area contributed by atoms with E-state index in [0.717, 1.165) is 31.4 Å². The Bertz CT molecular complexity index is 881. The van der Waals surface area contributed by atoms with Gasteiger partial charge in [0.15, 0.2) is 0 Å². The van der Waals surface area contributed by atoms with Gasteiger partial charge in [0.2, 0.25) is 5.91 Å². The lowest BCUT2D eigenvalue weighted by molar-refractivity contribution is -0.147. The molecule has 0 aliphatic carbocycles. The summed E-state index contributed by atoms with van der Waals surface area (Å²) in [5.41, 5.74) is 7.15. The Balaban J connectivity index is 1.63. The molecule has 1 fully saturated rings. The van der Waals surface area contributed by atoms with Gasteiger partial charge in [-0.2, -0.15) is 0 Å². The predicted octanol–water partition coefficient (Wildman–Crippen LogP) is 1.71. The van der Waals surface area contributed by atoms with Crippen LogP contribution < -0.4 is 21.7 Å². The van der Waals surface area contributed by atoms with Crippen LogP contribution in [0.25, 0.3) is 0 Å². The van der Waals surface area contributed by atoms with Gasteiger partial charge in [0, 0.05) is 19.4 Å². The molecule has 1 saturated heterocycles. The van der Waals surface area contributed by atoms with Crippen molar-refractivity contribution in [3.63, 3.8) is 0 Å². The molecular formula is C28H42N4O4. The molecule has 5 N–H and O–H groups in total. The van der Waals surface area contributed by atoms with Gasteiger partial charge in [0.05, 0.1) is 31.2 Å². The van der Waals surface area contributed by atoms with Crippen molar-refractivity contribution in [1.82, 2.24) is 16.0 Å². The summed E-state index contributed by atoms with van der Waals surface area (Å²) in [6.45, 7) is 3.85. The molecule has 198 valence electrons. The summed E-state index contributed by atoms with van der Waals surface area (Å²) in [6.07, 6.45) is 5.48. The molecule has 0 bridgehead atoms. The molecular weight excluding hydrogens is 456 g/mol. The van der Waals surface area contributed by atoms with Crippen LogP contribution in [0.4, 0.5) is 0 Å². The van der Waals surface area contributed by atoms with Crippen LogP contribution in [-0.4, -0.2) is 62.5 Å². The van der Waals surface area contributed by atoms with Gasteiger partial charge in [-0.1, -0.05) is 36.8 Å². The van der Waals surface area contributed by atoms with Crippen molar-refractivity contribution in [1.29, 1.82) is 0 Å². The predicted molar refractivity (Wildman–Crippen MR) is 141 cm³/mol. The van der Waals surface area contributed by atoms with Crippen LogP contribution in [0.3, 0.4) is 0 Å². The van der Waals surface area contributed by atoms with Gasteiger partial charge in [-0.15, -0.1) is 11.8 Å². The van der Waals surface area contributed by atoms with Gasteiger partial charge in [-0.3, -0.25) is 14.4 Å². The quantitative estimate of drug-likeness (QED) is 0.165. The Morgan fingerprint density at radius 2 is 1.97 bits per heavy atom. The zero-order valence-electron chi connectivity index (χ0n) is 21.7. The molecule has 1 aliphatic heterocycles. The van der Waals surface area contributed by atoms with E-state index in [4.69, 9.17) is 10.5 Å². The SMILES string of the molecule is CC#CC[C@H](CNCCCCCC(=O)C1CC(C(=O)OC)CCN1)NC(=O)[C@H](N)Cc1ccccc1. The number of Topliss-reactive ketones (excluding diaryl/α,β-unsaturated/α-hetero) is 1. The number of nitrogens with one attached hydrogen (secondary N) is 3. The van der Waals surface area contributed by atoms with E-state index in [1.54, 1.807) is 6.92 Å². The maximum Gasteiger partial charge on any atom is 0.308 e. The fraction of sp³-hybridized carbons (Fsp3) is 0.607. The van der Waals surface area contributed by atoms with Crippen molar-refractivity contribution in [3.05, 3.63) is 35.9 Å². The number of ether oxygens (including phenoxy) is 1. The summed E-state index contributed by atoms with van der Waals surface area (Å²) in [6, 6.07) is 8.77. The average molecular weight is 499 g/mol. The summed E-state index contributed by atoms with van der Waals surface area (Å²) in [5, 5.41) is 9.65. The second kappa shape index (κ2) is 16.9. The Morgan fingerprint density at radius 1 is 1.19 bits per heavy atom. The number of methoxy groups -OCH3 is 1. The van der Waals surface area contributed by atoms with E-state index in [0.29, 0.717) is 45.2 Å². The standard InChI is InChI=1S/C28H42N4O4/c1-3-4-13-23(32-27(34)24(29)18-21-11-7-5-8-12-21)20-30-16-10-6-9-14-26(33)25-19-22(15-17-31-25)28(35)36-2/h5,7-8,11-12,22-25,30-31H,6,9-10,13-20,29H2,1-2H3,(H,32,34)/t22?,23-,24-,25?/m1/s1. The number of esters is 1. The third-order valence-electron chi connectivity index (χ3n) is 6.50. The summed E-state index contributed by atoms with van der Waals surface area (Å²) in [5.74, 6) is 5.51. The normalized spacial score (nSPS) is 18.9. The first-order valence-corrected chi connectivity index (χ1v) is 13.0. The lowest BCUT2D eigenvalue weighted by Crippen LogP contribution is -2.49. The van der Waals surface area contributed by atoms with Crippen LogP contribution >= 0.6 is 0 Å². The van der Waals surface area contributed by atoms with E-state index in [-0.39, 0.29) is 35.7 Å². The van der Waals surface area contributed by atoms with Crippen LogP contribution in [0.1, 0.15) is 57.4 Å². The first kappa shape index (κ1) is 29.5. The van der Waals surface area contributed by atoms with Crippen molar-refractivity contribution in [3.8, 4) is 11.8 Å². The minimum Gasteiger partial charge on any atom is -0.469 e. The molecule has 1 amide bonds. The first-order chi connectivity index (χ1) is 17.4. The zero-order chi connectivity index (χ0) is 26.2. The number of nitrogens with two attached hydrogens (primary N) is 1. The third-order valence-corrected chi connectivity index (χ3v) is 6.50. The van der Waals surface area contributed by atoms with E-state index < -0.39 is 6.04 Å². The molecule has 36 heavy (non-hydrogen) atoms. The third kappa shape index (κ3) is 10.9. The highest BCUT2D eigenvalue weighted by Gasteiger charge is 2.30. The number of carbonyl (C=O) groups is 3. The molecule has 1 heterocycles. The number of carbonyl (C=O) groups excluding carboxylic acids is 3. The van der Waals surface area contributed by atoms with E-state index in [1.165, 1.54) is 7.11 Å². The number of amides is 1. The first-order valence-electron chi connectivity index (χ1n) is 13.0. The lowest BCUT2D eigenvalue weighted by atomic mass is 9.89. The molecule has 0 aromatic heterocycles. The van der Waals surface area contributed by atoms with Gasteiger partial charge in [-0.05, 0) is 57.7 Å². The van der Waals surface area contributed by atoms with Crippen LogP contribution in [0, 0.1) is 17.8 Å². The monoisotopic (exact) mass is 498 g/mol. The second-order valence-corrected chi connectivity index (χ2v) is 9.36. The van der Waals surface area contributed by atoms with Gasteiger partial charge >= 0.3 is 5.97 Å². The molecule has 1 aromatic carbocycles. The Hall–Kier alpha value is -2.73. The Kier molecular flexibility index (Phi) is 13.8. The molecule has 8 heteroatoms. The number of unbranched alkanes of at least 4 members (excludes halogenated alkanes) is 2. The van der Waals surface area contributed by atoms with Crippen LogP contribution in [0.5, 0.6) is 0 Å². The lowest BCUT2D eigenvalue weighted by Gasteiger charge is -2.27. The fourth-order valence-corrected chi connectivity index (χ4v) is 4.39. The van der Waals surface area contributed by atoms with Gasteiger partial charge in [0.1, 0.15) is 5.78 Å². The smallest absolute Gasteiger partial charge is 0.308 e. The van der Waals surface area contributed by atoms with Crippen molar-refractivity contribution in [2.24, 2.45) is 11.7 Å². The average Bonchev–Trinajstić information content (AvgIpc) is 2.90. The maximum atomic E-state index is 12.6. The van der Waals surface area contributed by atoms with Crippen LogP contribution in [0.2, 0.25) is 0 Å². The van der Waals surface area contributed by atoms with E-state index in [1.807, 2.05) is 30.3 Å². The zero-order valence-corrected chi connectivity index (χ0v) is 21.7. The number of piperidine rings is 1. The number of benzene rings is 1. The van der Waals surface area contributed by atoms with E-state index >= 15 is 0 Å². The molecule has 4 atom stereocenters. The molecule has 8 nitrogen and oxygen atoms in total. The van der Waals surface area contributed by atoms with Crippen LogP contribution in [0.15, 0.2) is 30.3 Å². The minimum absolute atomic E-state index is 0.117. The highest BCUT2D eigenvalue weighted by atomic mass is 16.5. The topological polar surface area (TPSA) is 123 Å². The Morgan fingerprint density at radius 3 is 2.69 bits per heavy atom. The molecule has 0 spiro atoms. The summed E-state index contributed by atoms with van der Waals surface area (Å²) < 4.78 is 4.83. The molecule has 2 rings (SSSR count). The van der Waals surface area contributed by atoms with Gasteiger partial charge < -0.3 is 26.4 Å². The minimum atomic E-state index is -0.608. The highest BCUT2D eigenvalue weighted by Crippen LogP contribution is 2.19. The van der Waals surface area contributed by atoms with Crippen molar-refractivity contribution >= 4 is 17.7 Å². The number of ketones is 1. The fourth-order valence-electron chi connectivity index (χ4n) is 4.39. The van der Waals surface area contributed by atoms with Crippen molar-refractivity contribution in [2.75, 3.05) is 26.7 Å². The number of rotatable bonds is 15. The maximum absolute atomic E-state index is 12.6. The van der Waals surface area contributed by atoms with Gasteiger partial charge in [0.25, 0.3) is 0 Å². The number of hydrogen-bond donors (Lipinski definition) is 4. The van der Waals surface area contributed by atoms with Gasteiger partial charge in [-0.25, -0.2) is 0 Å². The second-order valence-electron chi connectivity index (χ2n) is 9.36. The Labute approximate surface area is 215 Å². The summed E-state index contributed by atoms with van der Waals surface area (Å²) >= 11 is 0. The molecule has 1 aliphatic rings. The van der Waals surface area contributed by atoms with E-state index in [9.17, 15) is 14.4 Å². The summed E-state index contributed by atoms with van der Waals surface area (Å²) in [4.78, 5) is 36.9. The summed E-state index contributed by atoms with van der Waals surface area (Å²) in [7, 11) is 1.39. The van der Waals surface area contributed by atoms with Crippen LogP contribution in [-0.2, 0) is 25.5 Å². The van der Waals surface area contributed by atoms with Crippen molar-refractivity contribution < 1.29 is 19.1 Å². The largest absolute Gasteiger partial charge is 0.469 e. The number of hydrogen-bond acceptors (Lipinski definition) is 7. The molecule has 0 radical (unpaired) electrons. The molecule has 2 unspecified atom stereocenters. The molecule has 0 saturated carbocycles.